The summed E-state index contributed by atoms with van der Waals surface area (Å²) in [4.78, 5) is 33.7. The molecular formula is C15H17NO5. The van der Waals surface area contributed by atoms with Crippen LogP contribution in [-0.4, -0.2) is 34.1 Å². The molecule has 0 spiro atoms. The third kappa shape index (κ3) is 3.59. The molecule has 1 unspecified atom stereocenters. The smallest absolute Gasteiger partial charge is 0.326 e. The summed E-state index contributed by atoms with van der Waals surface area (Å²) in [6.45, 7) is 0. The van der Waals surface area contributed by atoms with Crippen LogP contribution in [0.5, 0.6) is 0 Å². The Kier molecular flexibility index (Phi) is 4.57. The van der Waals surface area contributed by atoms with Gasteiger partial charge in [0.15, 0.2) is 0 Å². The number of rotatable bonds is 7. The highest BCUT2D eigenvalue weighted by molar-refractivity contribution is 5.90. The van der Waals surface area contributed by atoms with Crippen LogP contribution < -0.4 is 5.32 Å². The minimum absolute atomic E-state index is 0.105. The molecule has 1 aromatic rings. The molecular weight excluding hydrogens is 274 g/mol. The van der Waals surface area contributed by atoms with Gasteiger partial charge >= 0.3 is 11.9 Å². The lowest BCUT2D eigenvalue weighted by molar-refractivity contribution is -0.143. The molecule has 112 valence electrons. The van der Waals surface area contributed by atoms with Gasteiger partial charge in [-0.3, -0.25) is 9.59 Å². The van der Waals surface area contributed by atoms with E-state index in [0.29, 0.717) is 6.42 Å². The molecule has 0 fully saturated rings. The monoisotopic (exact) mass is 291 g/mol. The first kappa shape index (κ1) is 15.0. The molecule has 0 aromatic heterocycles. The van der Waals surface area contributed by atoms with Gasteiger partial charge in [0.2, 0.25) is 5.91 Å². The second-order valence-electron chi connectivity index (χ2n) is 5.14. The number of fused-ring (bicyclic) bond motifs is 1. The zero-order valence-corrected chi connectivity index (χ0v) is 11.4. The van der Waals surface area contributed by atoms with E-state index < -0.39 is 18.0 Å². The van der Waals surface area contributed by atoms with E-state index in [2.05, 4.69) is 5.32 Å². The Morgan fingerprint density at radius 3 is 2.57 bits per heavy atom. The fourth-order valence-corrected chi connectivity index (χ4v) is 2.48. The van der Waals surface area contributed by atoms with Crippen molar-refractivity contribution in [1.82, 2.24) is 5.32 Å². The molecule has 21 heavy (non-hydrogen) atoms. The lowest BCUT2D eigenvalue weighted by Gasteiger charge is -2.30. The Balaban J connectivity index is 1.91. The maximum Gasteiger partial charge on any atom is 0.326 e. The first-order valence-electron chi connectivity index (χ1n) is 6.82. The molecule has 0 heterocycles. The van der Waals surface area contributed by atoms with Crippen molar-refractivity contribution in [3.63, 3.8) is 0 Å². The maximum absolute atomic E-state index is 12.1. The van der Waals surface area contributed by atoms with Crippen molar-refractivity contribution in [1.29, 1.82) is 0 Å². The van der Waals surface area contributed by atoms with Crippen molar-refractivity contribution in [3.8, 4) is 0 Å². The molecule has 6 heteroatoms. The van der Waals surface area contributed by atoms with Gasteiger partial charge in [-0.2, -0.15) is 0 Å². The fourth-order valence-electron chi connectivity index (χ4n) is 2.48. The molecule has 0 saturated carbocycles. The van der Waals surface area contributed by atoms with E-state index >= 15 is 0 Å². The van der Waals surface area contributed by atoms with Crippen molar-refractivity contribution < 1.29 is 24.6 Å². The van der Waals surface area contributed by atoms with Crippen molar-refractivity contribution in [3.05, 3.63) is 35.4 Å². The van der Waals surface area contributed by atoms with Gasteiger partial charge in [-0.05, 0) is 30.4 Å². The molecule has 1 amide bonds. The molecule has 1 aromatic carbocycles. The van der Waals surface area contributed by atoms with Crippen LogP contribution in [0, 0.1) is 0 Å². The summed E-state index contributed by atoms with van der Waals surface area (Å²) >= 11 is 0. The average Bonchev–Trinajstić information content (AvgIpc) is 2.38. The SMILES string of the molecule is O=C(O)CCC[C@@H](NC(=O)C1Cc2ccccc21)C(=O)O. The van der Waals surface area contributed by atoms with E-state index in [0.717, 1.165) is 11.1 Å². The quantitative estimate of drug-likeness (QED) is 0.699. The van der Waals surface area contributed by atoms with Crippen LogP contribution in [0.1, 0.15) is 36.3 Å². The zero-order chi connectivity index (χ0) is 15.4. The zero-order valence-electron chi connectivity index (χ0n) is 11.4. The molecule has 6 nitrogen and oxygen atoms in total. The molecule has 2 atom stereocenters. The minimum Gasteiger partial charge on any atom is -0.481 e. The largest absolute Gasteiger partial charge is 0.481 e. The number of amides is 1. The summed E-state index contributed by atoms with van der Waals surface area (Å²) in [5.74, 6) is -2.72. The Bertz CT molecular complexity index is 569. The van der Waals surface area contributed by atoms with Gasteiger partial charge in [0.1, 0.15) is 6.04 Å². The number of nitrogens with one attached hydrogen (secondary N) is 1. The van der Waals surface area contributed by atoms with Gasteiger partial charge in [0.05, 0.1) is 5.92 Å². The third-order valence-electron chi connectivity index (χ3n) is 3.67. The number of carbonyl (C=O) groups excluding carboxylic acids is 1. The maximum atomic E-state index is 12.1. The van der Waals surface area contributed by atoms with Crippen LogP contribution in [0.3, 0.4) is 0 Å². The van der Waals surface area contributed by atoms with Crippen LogP contribution in [0.4, 0.5) is 0 Å². The number of hydrogen-bond acceptors (Lipinski definition) is 3. The molecule has 1 aliphatic rings. The lowest BCUT2D eigenvalue weighted by Crippen LogP contribution is -2.45. The minimum atomic E-state index is -1.14. The summed E-state index contributed by atoms with van der Waals surface area (Å²) in [6.07, 6.45) is 0.838. The Labute approximate surface area is 121 Å². The van der Waals surface area contributed by atoms with Crippen molar-refractivity contribution in [2.24, 2.45) is 0 Å². The predicted octanol–water partition coefficient (Wildman–Crippen LogP) is 1.15. The van der Waals surface area contributed by atoms with Gasteiger partial charge in [0.25, 0.3) is 0 Å². The Morgan fingerprint density at radius 2 is 1.95 bits per heavy atom. The summed E-state index contributed by atoms with van der Waals surface area (Å²) in [5.41, 5.74) is 2.04. The first-order valence-corrected chi connectivity index (χ1v) is 6.82. The fraction of sp³-hybridized carbons (Fsp3) is 0.400. The van der Waals surface area contributed by atoms with Crippen molar-refractivity contribution >= 4 is 17.8 Å². The van der Waals surface area contributed by atoms with Crippen LogP contribution in [0.15, 0.2) is 24.3 Å². The topological polar surface area (TPSA) is 104 Å². The molecule has 0 saturated heterocycles. The molecule has 0 radical (unpaired) electrons. The van der Waals surface area contributed by atoms with Crippen molar-refractivity contribution in [2.45, 2.75) is 37.6 Å². The lowest BCUT2D eigenvalue weighted by atomic mass is 9.77. The van der Waals surface area contributed by atoms with Gasteiger partial charge < -0.3 is 15.5 Å². The molecule has 0 bridgehead atoms. The molecule has 2 rings (SSSR count). The second-order valence-corrected chi connectivity index (χ2v) is 5.14. The van der Waals surface area contributed by atoms with E-state index in [1.54, 1.807) is 0 Å². The van der Waals surface area contributed by atoms with E-state index in [4.69, 9.17) is 10.2 Å². The highest BCUT2D eigenvalue weighted by Crippen LogP contribution is 2.34. The summed E-state index contributed by atoms with van der Waals surface area (Å²) in [7, 11) is 0. The number of benzene rings is 1. The predicted molar refractivity (Wildman–Crippen MR) is 73.9 cm³/mol. The van der Waals surface area contributed by atoms with E-state index in [-0.39, 0.29) is 31.1 Å². The van der Waals surface area contributed by atoms with Gasteiger partial charge in [-0.15, -0.1) is 0 Å². The van der Waals surface area contributed by atoms with Crippen LogP contribution in [0.2, 0.25) is 0 Å². The van der Waals surface area contributed by atoms with Crippen LogP contribution in [0.25, 0.3) is 0 Å². The number of aliphatic carboxylic acids is 2. The first-order chi connectivity index (χ1) is 9.99. The molecule has 1 aliphatic carbocycles. The normalized spacial score (nSPS) is 17.2. The molecule has 0 aliphatic heterocycles. The second kappa shape index (κ2) is 6.39. The van der Waals surface area contributed by atoms with Crippen LogP contribution in [-0.2, 0) is 20.8 Å². The number of carboxylic acids is 2. The van der Waals surface area contributed by atoms with Crippen LogP contribution >= 0.6 is 0 Å². The average molecular weight is 291 g/mol. The van der Waals surface area contributed by atoms with Gasteiger partial charge in [-0.25, -0.2) is 4.79 Å². The van der Waals surface area contributed by atoms with Gasteiger partial charge in [0, 0.05) is 6.42 Å². The highest BCUT2D eigenvalue weighted by Gasteiger charge is 2.33. The van der Waals surface area contributed by atoms with E-state index in [1.807, 2.05) is 24.3 Å². The van der Waals surface area contributed by atoms with Gasteiger partial charge in [-0.1, -0.05) is 24.3 Å². The summed E-state index contributed by atoms with van der Waals surface area (Å²) in [5, 5.41) is 20.2. The number of carboxylic acid groups (broad SMARTS) is 2. The molecule has 3 N–H and O–H groups in total. The standard InChI is InChI=1S/C15H17NO5/c17-13(18)7-3-6-12(15(20)21)16-14(19)11-8-9-4-1-2-5-10(9)11/h1-2,4-5,11-12H,3,6-8H2,(H,16,19)(H,17,18)(H,20,21)/t11?,12-/m1/s1. The highest BCUT2D eigenvalue weighted by atomic mass is 16.4. The summed E-state index contributed by atoms with van der Waals surface area (Å²) < 4.78 is 0. The number of hydrogen-bond donors (Lipinski definition) is 3. The van der Waals surface area contributed by atoms with E-state index in [1.165, 1.54) is 0 Å². The van der Waals surface area contributed by atoms with Crippen molar-refractivity contribution in [2.75, 3.05) is 0 Å². The van der Waals surface area contributed by atoms with E-state index in [9.17, 15) is 14.4 Å². The Hall–Kier alpha value is -2.37. The Morgan fingerprint density at radius 1 is 1.24 bits per heavy atom. The summed E-state index contributed by atoms with van der Waals surface area (Å²) in [6, 6.07) is 6.52. The third-order valence-corrected chi connectivity index (χ3v) is 3.67. The number of carbonyl (C=O) groups is 3.